The number of benzene rings is 1. The van der Waals surface area contributed by atoms with Crippen LogP contribution in [0.15, 0.2) is 47.1 Å². The molecular formula is C15H18BrN3O. The standard InChI is InChI=1S/C15H18BrN3O/c1-2-20-14-5-3-4-11(8-14)15(19-17)9-13-7-6-12(16)10-18-13/h3-8,10,15,19H,2,9,17H2,1H3. The van der Waals surface area contributed by atoms with Gasteiger partial charge in [-0.2, -0.15) is 0 Å². The van der Waals surface area contributed by atoms with Gasteiger partial charge < -0.3 is 4.74 Å². The molecule has 0 saturated heterocycles. The fraction of sp³-hybridized carbons (Fsp3) is 0.267. The second-order valence-corrected chi connectivity index (χ2v) is 5.31. The van der Waals surface area contributed by atoms with Gasteiger partial charge in [-0.3, -0.25) is 16.3 Å². The van der Waals surface area contributed by atoms with Gasteiger partial charge in [0.25, 0.3) is 0 Å². The van der Waals surface area contributed by atoms with Crippen molar-refractivity contribution in [1.29, 1.82) is 0 Å². The molecule has 0 aliphatic carbocycles. The molecule has 5 heteroatoms. The van der Waals surface area contributed by atoms with Gasteiger partial charge >= 0.3 is 0 Å². The van der Waals surface area contributed by atoms with E-state index in [1.807, 2.05) is 43.3 Å². The minimum Gasteiger partial charge on any atom is -0.494 e. The van der Waals surface area contributed by atoms with E-state index in [1.165, 1.54) is 0 Å². The lowest BCUT2D eigenvalue weighted by molar-refractivity contribution is 0.339. The Morgan fingerprint density at radius 3 is 2.85 bits per heavy atom. The van der Waals surface area contributed by atoms with Crippen molar-refractivity contribution >= 4 is 15.9 Å². The van der Waals surface area contributed by atoms with Gasteiger partial charge in [-0.1, -0.05) is 12.1 Å². The van der Waals surface area contributed by atoms with Crippen molar-refractivity contribution < 1.29 is 4.74 Å². The number of nitrogens with two attached hydrogens (primary N) is 1. The molecule has 0 aliphatic heterocycles. The maximum atomic E-state index is 5.68. The minimum absolute atomic E-state index is 0.00378. The zero-order valence-electron chi connectivity index (χ0n) is 11.3. The van der Waals surface area contributed by atoms with E-state index < -0.39 is 0 Å². The monoisotopic (exact) mass is 335 g/mol. The Bertz CT molecular complexity index is 545. The van der Waals surface area contributed by atoms with Gasteiger partial charge in [0.2, 0.25) is 0 Å². The third kappa shape index (κ3) is 4.03. The number of nitrogens with one attached hydrogen (secondary N) is 1. The number of pyridine rings is 1. The van der Waals surface area contributed by atoms with Crippen molar-refractivity contribution in [3.8, 4) is 5.75 Å². The van der Waals surface area contributed by atoms with Crippen LogP contribution in [0.5, 0.6) is 5.75 Å². The number of aromatic nitrogens is 1. The van der Waals surface area contributed by atoms with Gasteiger partial charge in [0, 0.05) is 22.8 Å². The Morgan fingerprint density at radius 1 is 1.35 bits per heavy atom. The Morgan fingerprint density at radius 2 is 2.20 bits per heavy atom. The summed E-state index contributed by atoms with van der Waals surface area (Å²) in [7, 11) is 0. The molecule has 0 radical (unpaired) electrons. The molecule has 0 aliphatic rings. The van der Waals surface area contributed by atoms with E-state index in [9.17, 15) is 0 Å². The first-order chi connectivity index (χ1) is 9.72. The molecule has 0 fully saturated rings. The molecule has 4 nitrogen and oxygen atoms in total. The molecule has 20 heavy (non-hydrogen) atoms. The van der Waals surface area contributed by atoms with Crippen molar-refractivity contribution in [2.45, 2.75) is 19.4 Å². The lowest BCUT2D eigenvalue weighted by Gasteiger charge is -2.17. The third-order valence-corrected chi connectivity index (χ3v) is 3.44. The normalized spacial score (nSPS) is 12.2. The Kier molecular flexibility index (Phi) is 5.52. The van der Waals surface area contributed by atoms with Crippen molar-refractivity contribution in [3.63, 3.8) is 0 Å². The van der Waals surface area contributed by atoms with E-state index in [0.29, 0.717) is 6.61 Å². The van der Waals surface area contributed by atoms with Crippen LogP contribution < -0.4 is 16.0 Å². The van der Waals surface area contributed by atoms with E-state index >= 15 is 0 Å². The fourth-order valence-corrected chi connectivity index (χ4v) is 2.23. The summed E-state index contributed by atoms with van der Waals surface area (Å²) < 4.78 is 6.49. The van der Waals surface area contributed by atoms with Crippen LogP contribution in [0.2, 0.25) is 0 Å². The van der Waals surface area contributed by atoms with Crippen LogP contribution in [0.1, 0.15) is 24.2 Å². The molecule has 1 unspecified atom stereocenters. The second kappa shape index (κ2) is 7.38. The molecule has 106 valence electrons. The first-order valence-corrected chi connectivity index (χ1v) is 7.31. The highest BCUT2D eigenvalue weighted by molar-refractivity contribution is 9.10. The molecule has 2 rings (SSSR count). The molecule has 2 aromatic rings. The summed E-state index contributed by atoms with van der Waals surface area (Å²) in [6.45, 7) is 2.62. The van der Waals surface area contributed by atoms with Crippen LogP contribution in [0.3, 0.4) is 0 Å². The number of hydrogen-bond acceptors (Lipinski definition) is 4. The number of hydrogen-bond donors (Lipinski definition) is 2. The van der Waals surface area contributed by atoms with Crippen LogP contribution in [-0.4, -0.2) is 11.6 Å². The highest BCUT2D eigenvalue weighted by Crippen LogP contribution is 2.22. The quantitative estimate of drug-likeness (QED) is 0.629. The van der Waals surface area contributed by atoms with Gasteiger partial charge in [-0.05, 0) is 52.7 Å². The molecule has 1 heterocycles. The van der Waals surface area contributed by atoms with Crippen LogP contribution in [0.25, 0.3) is 0 Å². The summed E-state index contributed by atoms with van der Waals surface area (Å²) in [5.74, 6) is 6.53. The van der Waals surface area contributed by atoms with Crippen LogP contribution >= 0.6 is 15.9 Å². The number of hydrazine groups is 1. The van der Waals surface area contributed by atoms with Crippen molar-refractivity contribution in [1.82, 2.24) is 10.4 Å². The summed E-state index contributed by atoms with van der Waals surface area (Å²) >= 11 is 3.38. The van der Waals surface area contributed by atoms with Crippen LogP contribution in [0, 0.1) is 0 Å². The zero-order valence-corrected chi connectivity index (χ0v) is 12.9. The highest BCUT2D eigenvalue weighted by atomic mass is 79.9. The van der Waals surface area contributed by atoms with Crippen LogP contribution in [-0.2, 0) is 6.42 Å². The first kappa shape index (κ1) is 15.0. The summed E-state index contributed by atoms with van der Waals surface area (Å²) in [6.07, 6.45) is 2.51. The lowest BCUT2D eigenvalue weighted by Crippen LogP contribution is -2.29. The molecule has 0 saturated carbocycles. The average Bonchev–Trinajstić information content (AvgIpc) is 2.47. The summed E-state index contributed by atoms with van der Waals surface area (Å²) in [5.41, 5.74) is 4.91. The molecular weight excluding hydrogens is 318 g/mol. The van der Waals surface area contributed by atoms with Gasteiger partial charge in [-0.15, -0.1) is 0 Å². The van der Waals surface area contributed by atoms with Crippen molar-refractivity contribution in [2.75, 3.05) is 6.61 Å². The lowest BCUT2D eigenvalue weighted by atomic mass is 10.0. The van der Waals surface area contributed by atoms with E-state index in [0.717, 1.165) is 27.9 Å². The average molecular weight is 336 g/mol. The largest absolute Gasteiger partial charge is 0.494 e. The Balaban J connectivity index is 2.15. The first-order valence-electron chi connectivity index (χ1n) is 6.52. The van der Waals surface area contributed by atoms with E-state index in [2.05, 4.69) is 26.3 Å². The summed E-state index contributed by atoms with van der Waals surface area (Å²) in [6, 6.07) is 11.9. The predicted molar refractivity (Wildman–Crippen MR) is 83.3 cm³/mol. The highest BCUT2D eigenvalue weighted by Gasteiger charge is 2.12. The van der Waals surface area contributed by atoms with Crippen molar-refractivity contribution in [3.05, 3.63) is 58.3 Å². The minimum atomic E-state index is 0.00378. The van der Waals surface area contributed by atoms with E-state index in [4.69, 9.17) is 10.6 Å². The smallest absolute Gasteiger partial charge is 0.119 e. The van der Waals surface area contributed by atoms with Crippen molar-refractivity contribution in [2.24, 2.45) is 5.84 Å². The zero-order chi connectivity index (χ0) is 14.4. The van der Waals surface area contributed by atoms with Gasteiger partial charge in [-0.25, -0.2) is 0 Å². The van der Waals surface area contributed by atoms with Gasteiger partial charge in [0.15, 0.2) is 0 Å². The number of rotatable bonds is 6. The Labute approximate surface area is 127 Å². The molecule has 0 bridgehead atoms. The maximum absolute atomic E-state index is 5.68. The maximum Gasteiger partial charge on any atom is 0.119 e. The fourth-order valence-electron chi connectivity index (χ4n) is 2.00. The molecule has 0 spiro atoms. The molecule has 1 aromatic heterocycles. The van der Waals surface area contributed by atoms with Gasteiger partial charge in [0.1, 0.15) is 5.75 Å². The molecule has 1 aromatic carbocycles. The summed E-state index contributed by atoms with van der Waals surface area (Å²) in [4.78, 5) is 4.38. The summed E-state index contributed by atoms with van der Waals surface area (Å²) in [5, 5.41) is 0. The predicted octanol–water partition coefficient (Wildman–Crippen LogP) is 2.99. The second-order valence-electron chi connectivity index (χ2n) is 4.40. The topological polar surface area (TPSA) is 60.2 Å². The molecule has 3 N–H and O–H groups in total. The number of nitrogens with zero attached hydrogens (tertiary/aromatic N) is 1. The number of halogens is 1. The third-order valence-electron chi connectivity index (χ3n) is 2.97. The Hall–Kier alpha value is -1.43. The van der Waals surface area contributed by atoms with Crippen LogP contribution in [0.4, 0.5) is 0 Å². The molecule has 0 amide bonds. The van der Waals surface area contributed by atoms with Gasteiger partial charge in [0.05, 0.1) is 12.6 Å². The SMILES string of the molecule is CCOc1cccc(C(Cc2ccc(Br)cn2)NN)c1. The molecule has 1 atom stereocenters. The van der Waals surface area contributed by atoms with E-state index in [-0.39, 0.29) is 6.04 Å². The number of ether oxygens (including phenoxy) is 1. The van der Waals surface area contributed by atoms with E-state index in [1.54, 1.807) is 6.20 Å².